The second kappa shape index (κ2) is 7.28. The number of nitrogens with one attached hydrogen (secondary N) is 1. The third-order valence-electron chi connectivity index (χ3n) is 3.43. The van der Waals surface area contributed by atoms with Crippen LogP contribution in [-0.4, -0.2) is 19.2 Å². The van der Waals surface area contributed by atoms with Gasteiger partial charge in [-0.15, -0.1) is 0 Å². The summed E-state index contributed by atoms with van der Waals surface area (Å²) in [5, 5.41) is 6.66. The van der Waals surface area contributed by atoms with Crippen LogP contribution < -0.4 is 5.32 Å². The topological polar surface area (TPSA) is 63.8 Å². The lowest BCUT2D eigenvalue weighted by Crippen LogP contribution is -2.11. The highest BCUT2D eigenvalue weighted by atomic mass is 16.6. The second-order valence-electron chi connectivity index (χ2n) is 5.02. The number of carbonyl (C=O) groups is 1. The zero-order chi connectivity index (χ0) is 16.8. The van der Waals surface area contributed by atoms with Crippen LogP contribution in [0.15, 0.2) is 76.5 Å². The molecule has 0 unspecified atom stereocenters. The summed E-state index contributed by atoms with van der Waals surface area (Å²) in [5.41, 5.74) is 3.48. The summed E-state index contributed by atoms with van der Waals surface area (Å²) >= 11 is 0. The van der Waals surface area contributed by atoms with Crippen LogP contribution in [0.4, 0.5) is 5.69 Å². The number of benzene rings is 2. The van der Waals surface area contributed by atoms with Crippen molar-refractivity contribution in [3.63, 3.8) is 0 Å². The first-order valence-electron chi connectivity index (χ1n) is 7.39. The lowest BCUT2D eigenvalue weighted by Gasteiger charge is -2.11. The van der Waals surface area contributed by atoms with Crippen LogP contribution in [0.2, 0.25) is 0 Å². The molecular weight excluding hydrogens is 304 g/mol. The third-order valence-corrected chi connectivity index (χ3v) is 3.43. The van der Waals surface area contributed by atoms with Gasteiger partial charge in [-0.1, -0.05) is 41.6 Å². The average Bonchev–Trinajstić information content (AvgIpc) is 3.15. The summed E-state index contributed by atoms with van der Waals surface area (Å²) < 4.78 is 5.13. The molecule has 120 valence electrons. The van der Waals surface area contributed by atoms with Gasteiger partial charge in [0.25, 0.3) is 5.91 Å². The van der Waals surface area contributed by atoms with E-state index in [-0.39, 0.29) is 11.7 Å². The fourth-order valence-corrected chi connectivity index (χ4v) is 2.34. The van der Waals surface area contributed by atoms with Crippen LogP contribution in [0.3, 0.4) is 0 Å². The van der Waals surface area contributed by atoms with E-state index in [0.29, 0.717) is 5.69 Å². The fraction of sp³-hybridized carbons (Fsp3) is 0.0526. The van der Waals surface area contributed by atoms with Gasteiger partial charge in [-0.2, -0.15) is 0 Å². The number of oxime groups is 1. The van der Waals surface area contributed by atoms with Gasteiger partial charge in [-0.05, 0) is 35.4 Å². The molecule has 24 heavy (non-hydrogen) atoms. The van der Waals surface area contributed by atoms with E-state index < -0.39 is 0 Å². The van der Waals surface area contributed by atoms with Gasteiger partial charge < -0.3 is 14.6 Å². The van der Waals surface area contributed by atoms with E-state index in [1.165, 1.54) is 13.4 Å². The lowest BCUT2D eigenvalue weighted by atomic mass is 10.0. The molecule has 0 bridgehead atoms. The molecular formula is C19H16N2O3. The van der Waals surface area contributed by atoms with Crippen molar-refractivity contribution in [2.45, 2.75) is 0 Å². The quantitative estimate of drug-likeness (QED) is 0.566. The van der Waals surface area contributed by atoms with Gasteiger partial charge in [0.15, 0.2) is 5.76 Å². The number of rotatable bonds is 5. The Hall–Kier alpha value is -3.34. The molecule has 0 radical (unpaired) electrons. The van der Waals surface area contributed by atoms with Crippen LogP contribution in [0.5, 0.6) is 0 Å². The summed E-state index contributed by atoms with van der Waals surface area (Å²) in [6, 6.07) is 18.7. The van der Waals surface area contributed by atoms with Gasteiger partial charge in [0, 0.05) is 11.3 Å². The van der Waals surface area contributed by atoms with E-state index in [1.54, 1.807) is 18.3 Å². The summed E-state index contributed by atoms with van der Waals surface area (Å²) in [5.74, 6) is -0.0182. The van der Waals surface area contributed by atoms with Gasteiger partial charge in [0.1, 0.15) is 7.11 Å². The van der Waals surface area contributed by atoms with Crippen molar-refractivity contribution >= 4 is 17.8 Å². The first kappa shape index (κ1) is 15.6. The normalized spacial score (nSPS) is 10.7. The predicted molar refractivity (Wildman–Crippen MR) is 93.1 cm³/mol. The van der Waals surface area contributed by atoms with E-state index in [2.05, 4.69) is 10.5 Å². The molecule has 3 aromatic rings. The van der Waals surface area contributed by atoms with Crippen LogP contribution in [-0.2, 0) is 4.84 Å². The Morgan fingerprint density at radius 2 is 2.00 bits per heavy atom. The minimum Gasteiger partial charge on any atom is -0.459 e. The van der Waals surface area contributed by atoms with E-state index in [9.17, 15) is 4.79 Å². The molecule has 0 spiro atoms. The molecule has 0 aliphatic rings. The van der Waals surface area contributed by atoms with Crippen LogP contribution >= 0.6 is 0 Å². The monoisotopic (exact) mass is 320 g/mol. The Bertz CT molecular complexity index is 855. The minimum atomic E-state index is -0.287. The molecule has 5 nitrogen and oxygen atoms in total. The maximum absolute atomic E-state index is 12.2. The Kier molecular flexibility index (Phi) is 4.72. The Balaban J connectivity index is 1.92. The molecule has 0 atom stereocenters. The van der Waals surface area contributed by atoms with Gasteiger partial charge in [-0.3, -0.25) is 4.79 Å². The molecule has 1 N–H and O–H groups in total. The summed E-state index contributed by atoms with van der Waals surface area (Å²) in [4.78, 5) is 16.9. The number of amides is 1. The van der Waals surface area contributed by atoms with Crippen molar-refractivity contribution in [1.82, 2.24) is 0 Å². The molecule has 0 saturated carbocycles. The molecule has 0 aliphatic carbocycles. The number of furan rings is 1. The molecule has 0 fully saturated rings. The molecule has 0 saturated heterocycles. The van der Waals surface area contributed by atoms with Crippen LogP contribution in [0.25, 0.3) is 11.1 Å². The van der Waals surface area contributed by atoms with Crippen molar-refractivity contribution in [3.8, 4) is 11.1 Å². The second-order valence-corrected chi connectivity index (χ2v) is 5.02. The predicted octanol–water partition coefficient (Wildman–Crippen LogP) is 4.18. The third kappa shape index (κ3) is 3.52. The Morgan fingerprint density at radius 3 is 2.79 bits per heavy atom. The van der Waals surface area contributed by atoms with Crippen molar-refractivity contribution in [3.05, 3.63) is 78.3 Å². The lowest BCUT2D eigenvalue weighted by molar-refractivity contribution is 0.0996. The zero-order valence-electron chi connectivity index (χ0n) is 13.1. The SMILES string of the molecule is CO/N=C/c1cccc(-c2ccccc2NC(=O)c2ccco2)c1. The van der Waals surface area contributed by atoms with E-state index in [0.717, 1.165) is 16.7 Å². The van der Waals surface area contributed by atoms with Gasteiger partial charge in [0.05, 0.1) is 12.5 Å². The summed E-state index contributed by atoms with van der Waals surface area (Å²) in [6.45, 7) is 0. The smallest absolute Gasteiger partial charge is 0.291 e. The molecule has 1 heterocycles. The molecule has 1 aromatic heterocycles. The van der Waals surface area contributed by atoms with Crippen LogP contribution in [0, 0.1) is 0 Å². The number of para-hydroxylation sites is 1. The molecule has 5 heteroatoms. The molecule has 3 rings (SSSR count). The average molecular weight is 320 g/mol. The summed E-state index contributed by atoms with van der Waals surface area (Å²) in [7, 11) is 1.50. The van der Waals surface area contributed by atoms with Crippen molar-refractivity contribution in [2.75, 3.05) is 12.4 Å². The number of hydrogen-bond acceptors (Lipinski definition) is 4. The molecule has 2 aromatic carbocycles. The number of carbonyl (C=O) groups excluding carboxylic acids is 1. The molecule has 0 aliphatic heterocycles. The van der Waals surface area contributed by atoms with E-state index in [1.807, 2.05) is 48.5 Å². The maximum atomic E-state index is 12.2. The van der Waals surface area contributed by atoms with Gasteiger partial charge in [0.2, 0.25) is 0 Å². The highest BCUT2D eigenvalue weighted by Crippen LogP contribution is 2.28. The largest absolute Gasteiger partial charge is 0.459 e. The van der Waals surface area contributed by atoms with E-state index in [4.69, 9.17) is 9.25 Å². The van der Waals surface area contributed by atoms with Gasteiger partial charge in [-0.25, -0.2) is 0 Å². The standard InChI is InChI=1S/C19H16N2O3/c1-23-20-13-14-6-4-7-15(12-14)16-8-2-3-9-17(16)21-19(22)18-10-5-11-24-18/h2-13H,1H3,(H,21,22)/b20-13+. The molecule has 1 amide bonds. The van der Waals surface area contributed by atoms with E-state index >= 15 is 0 Å². The Labute approximate surface area is 139 Å². The maximum Gasteiger partial charge on any atom is 0.291 e. The first-order chi connectivity index (χ1) is 11.8. The fourth-order valence-electron chi connectivity index (χ4n) is 2.34. The van der Waals surface area contributed by atoms with Crippen molar-refractivity contribution < 1.29 is 14.0 Å². The minimum absolute atomic E-state index is 0.269. The number of hydrogen-bond donors (Lipinski definition) is 1. The summed E-state index contributed by atoms with van der Waals surface area (Å²) in [6.07, 6.45) is 3.10. The zero-order valence-corrected chi connectivity index (χ0v) is 13.1. The first-order valence-corrected chi connectivity index (χ1v) is 7.39. The van der Waals surface area contributed by atoms with Crippen LogP contribution in [0.1, 0.15) is 16.1 Å². The Morgan fingerprint density at radius 1 is 1.12 bits per heavy atom. The number of nitrogens with zero attached hydrogens (tertiary/aromatic N) is 1. The van der Waals surface area contributed by atoms with Gasteiger partial charge >= 0.3 is 0 Å². The highest BCUT2D eigenvalue weighted by molar-refractivity contribution is 6.04. The van der Waals surface area contributed by atoms with Crippen molar-refractivity contribution in [1.29, 1.82) is 0 Å². The highest BCUT2D eigenvalue weighted by Gasteiger charge is 2.12. The van der Waals surface area contributed by atoms with Crippen molar-refractivity contribution in [2.24, 2.45) is 5.16 Å². The number of anilines is 1.